The number of aryl methyl sites for hydroxylation is 1. The molecular weight excluding hydrogens is 202 g/mol. The summed E-state index contributed by atoms with van der Waals surface area (Å²) in [6, 6.07) is 5.81. The lowest BCUT2D eigenvalue weighted by Crippen LogP contribution is -2.21. The molecule has 16 heavy (non-hydrogen) atoms. The smallest absolute Gasteiger partial charge is 0.410 e. The van der Waals surface area contributed by atoms with Crippen LogP contribution in [0.25, 0.3) is 0 Å². The summed E-state index contributed by atoms with van der Waals surface area (Å²) in [5, 5.41) is 2.36. The Morgan fingerprint density at radius 2 is 2.19 bits per heavy atom. The minimum atomic E-state index is -0.518. The fraction of sp³-hybridized carbons (Fsp3) is 0.308. The van der Waals surface area contributed by atoms with Crippen molar-refractivity contribution in [3.8, 4) is 5.75 Å². The molecule has 3 heteroatoms. The van der Waals surface area contributed by atoms with Gasteiger partial charge in [0.2, 0.25) is 0 Å². The summed E-state index contributed by atoms with van der Waals surface area (Å²) >= 11 is 0. The second-order valence-electron chi connectivity index (χ2n) is 3.92. The highest BCUT2D eigenvalue weighted by atomic mass is 16.6. The Balaban J connectivity index is 2.83. The highest BCUT2D eigenvalue weighted by Gasteiger charge is 2.07. The Morgan fingerprint density at radius 3 is 2.69 bits per heavy atom. The molecule has 0 heterocycles. The minimum Gasteiger partial charge on any atom is -0.410 e. The molecule has 0 aliphatic carbocycles. The molecule has 0 atom stereocenters. The van der Waals surface area contributed by atoms with Crippen LogP contribution in [0.3, 0.4) is 0 Å². The Kier molecular flexibility index (Phi) is 4.11. The zero-order chi connectivity index (χ0) is 12.1. The van der Waals surface area contributed by atoms with E-state index in [-0.39, 0.29) is 0 Å². The Hall–Kier alpha value is -1.77. The monoisotopic (exact) mass is 219 g/mol. The van der Waals surface area contributed by atoms with Gasteiger partial charge in [0.15, 0.2) is 0 Å². The standard InChI is InChI=1S/C13H17NO2/c1-5-14-13(15)16-12-7-6-11(9(2)3)8-10(12)4/h5-9H,1H2,2-4H3,(H,14,15). The molecule has 1 rings (SSSR count). The molecule has 1 amide bonds. The maximum atomic E-state index is 11.2. The predicted octanol–water partition coefficient (Wildman–Crippen LogP) is 3.35. The average molecular weight is 219 g/mol. The summed E-state index contributed by atoms with van der Waals surface area (Å²) in [7, 11) is 0. The molecule has 0 saturated heterocycles. The molecule has 0 unspecified atom stereocenters. The number of rotatable bonds is 3. The summed E-state index contributed by atoms with van der Waals surface area (Å²) in [4.78, 5) is 11.2. The third-order valence-electron chi connectivity index (χ3n) is 2.29. The number of hydrogen-bond acceptors (Lipinski definition) is 2. The lowest BCUT2D eigenvalue weighted by molar-refractivity contribution is 0.204. The van der Waals surface area contributed by atoms with Gasteiger partial charge in [-0.3, -0.25) is 5.32 Å². The van der Waals surface area contributed by atoms with Crippen LogP contribution in [0.5, 0.6) is 5.75 Å². The van der Waals surface area contributed by atoms with Gasteiger partial charge in [-0.2, -0.15) is 0 Å². The lowest BCUT2D eigenvalue weighted by Gasteiger charge is -2.10. The molecule has 0 aliphatic heterocycles. The second kappa shape index (κ2) is 5.35. The molecule has 0 fully saturated rings. The molecule has 86 valence electrons. The maximum Gasteiger partial charge on any atom is 0.416 e. The van der Waals surface area contributed by atoms with E-state index >= 15 is 0 Å². The SMILES string of the molecule is C=CNC(=O)Oc1ccc(C(C)C)cc1C. The van der Waals surface area contributed by atoms with Crippen LogP contribution in [0.1, 0.15) is 30.9 Å². The summed E-state index contributed by atoms with van der Waals surface area (Å²) in [6.45, 7) is 9.56. The van der Waals surface area contributed by atoms with Gasteiger partial charge in [0, 0.05) is 0 Å². The number of hydrogen-bond donors (Lipinski definition) is 1. The van der Waals surface area contributed by atoms with E-state index in [1.165, 1.54) is 11.8 Å². The average Bonchev–Trinajstić information content (AvgIpc) is 2.21. The topological polar surface area (TPSA) is 38.3 Å². The van der Waals surface area contributed by atoms with Crippen molar-refractivity contribution in [3.05, 3.63) is 42.1 Å². The summed E-state index contributed by atoms with van der Waals surface area (Å²) < 4.78 is 5.10. The van der Waals surface area contributed by atoms with Crippen LogP contribution < -0.4 is 10.1 Å². The van der Waals surface area contributed by atoms with Crippen molar-refractivity contribution in [3.63, 3.8) is 0 Å². The van der Waals surface area contributed by atoms with Gasteiger partial charge >= 0.3 is 6.09 Å². The van der Waals surface area contributed by atoms with E-state index < -0.39 is 6.09 Å². The third-order valence-corrected chi connectivity index (χ3v) is 2.29. The van der Waals surface area contributed by atoms with Crippen molar-refractivity contribution in [1.82, 2.24) is 5.32 Å². The first kappa shape index (κ1) is 12.3. The van der Waals surface area contributed by atoms with Gasteiger partial charge in [-0.1, -0.05) is 32.6 Å². The molecule has 0 radical (unpaired) electrons. The maximum absolute atomic E-state index is 11.2. The van der Waals surface area contributed by atoms with E-state index in [4.69, 9.17) is 4.74 Å². The highest BCUT2D eigenvalue weighted by molar-refractivity contribution is 5.71. The van der Waals surface area contributed by atoms with Crippen LogP contribution >= 0.6 is 0 Å². The van der Waals surface area contributed by atoms with Crippen LogP contribution in [0.4, 0.5) is 4.79 Å². The second-order valence-corrected chi connectivity index (χ2v) is 3.92. The van der Waals surface area contributed by atoms with Crippen molar-refractivity contribution in [2.75, 3.05) is 0 Å². The van der Waals surface area contributed by atoms with Crippen LogP contribution in [0.2, 0.25) is 0 Å². The van der Waals surface area contributed by atoms with Crippen molar-refractivity contribution < 1.29 is 9.53 Å². The first-order valence-electron chi connectivity index (χ1n) is 5.24. The lowest BCUT2D eigenvalue weighted by atomic mass is 10.0. The van der Waals surface area contributed by atoms with Crippen molar-refractivity contribution in [2.45, 2.75) is 26.7 Å². The molecule has 0 aliphatic rings. The number of benzene rings is 1. The Labute approximate surface area is 96.1 Å². The highest BCUT2D eigenvalue weighted by Crippen LogP contribution is 2.23. The molecule has 3 nitrogen and oxygen atoms in total. The van der Waals surface area contributed by atoms with Gasteiger partial charge in [0.05, 0.1) is 0 Å². The minimum absolute atomic E-state index is 0.467. The molecule has 1 N–H and O–H groups in total. The molecular formula is C13H17NO2. The molecule has 0 bridgehead atoms. The van der Waals surface area contributed by atoms with Gasteiger partial charge in [-0.25, -0.2) is 4.79 Å². The quantitative estimate of drug-likeness (QED) is 0.846. The van der Waals surface area contributed by atoms with Gasteiger partial charge in [0.1, 0.15) is 5.75 Å². The van der Waals surface area contributed by atoms with Crippen molar-refractivity contribution in [1.29, 1.82) is 0 Å². The number of carbonyl (C=O) groups is 1. The first-order valence-corrected chi connectivity index (χ1v) is 5.24. The summed E-state index contributed by atoms with van der Waals surface area (Å²) in [5.74, 6) is 1.04. The van der Waals surface area contributed by atoms with Crippen molar-refractivity contribution >= 4 is 6.09 Å². The normalized spacial score (nSPS) is 10.0. The van der Waals surface area contributed by atoms with E-state index in [0.29, 0.717) is 11.7 Å². The van der Waals surface area contributed by atoms with Crippen LogP contribution in [0.15, 0.2) is 31.0 Å². The third kappa shape index (κ3) is 3.12. The van der Waals surface area contributed by atoms with E-state index in [9.17, 15) is 4.79 Å². The summed E-state index contributed by atoms with van der Waals surface area (Å²) in [5.41, 5.74) is 2.18. The number of carbonyl (C=O) groups excluding carboxylic acids is 1. The first-order chi connectivity index (χ1) is 7.54. The number of amides is 1. The van der Waals surface area contributed by atoms with Gasteiger partial charge < -0.3 is 4.74 Å². The van der Waals surface area contributed by atoms with Gasteiger partial charge in [0.25, 0.3) is 0 Å². The van der Waals surface area contributed by atoms with Crippen LogP contribution in [-0.2, 0) is 0 Å². The molecule has 1 aromatic rings. The van der Waals surface area contributed by atoms with E-state index in [2.05, 4.69) is 25.7 Å². The van der Waals surface area contributed by atoms with Crippen molar-refractivity contribution in [2.24, 2.45) is 0 Å². The van der Waals surface area contributed by atoms with E-state index in [0.717, 1.165) is 5.56 Å². The summed E-state index contributed by atoms with van der Waals surface area (Å²) in [6.07, 6.45) is 0.774. The molecule has 0 aromatic heterocycles. The van der Waals surface area contributed by atoms with Crippen LogP contribution in [0, 0.1) is 6.92 Å². The fourth-order valence-electron chi connectivity index (χ4n) is 1.36. The molecule has 0 spiro atoms. The fourth-order valence-corrected chi connectivity index (χ4v) is 1.36. The van der Waals surface area contributed by atoms with Gasteiger partial charge in [-0.15, -0.1) is 0 Å². The number of ether oxygens (including phenoxy) is 1. The predicted molar refractivity (Wildman–Crippen MR) is 64.6 cm³/mol. The van der Waals surface area contributed by atoms with Crippen LogP contribution in [-0.4, -0.2) is 6.09 Å². The Bertz CT molecular complexity index is 397. The van der Waals surface area contributed by atoms with E-state index in [1.54, 1.807) is 0 Å². The molecule has 0 saturated carbocycles. The zero-order valence-electron chi connectivity index (χ0n) is 9.91. The number of nitrogens with one attached hydrogen (secondary N) is 1. The zero-order valence-corrected chi connectivity index (χ0v) is 9.91. The molecule has 1 aromatic carbocycles. The van der Waals surface area contributed by atoms with E-state index in [1.807, 2.05) is 25.1 Å². The van der Waals surface area contributed by atoms with Gasteiger partial charge in [-0.05, 0) is 36.2 Å². The Morgan fingerprint density at radius 1 is 1.50 bits per heavy atom. The largest absolute Gasteiger partial charge is 0.416 e.